The van der Waals surface area contributed by atoms with Crippen LogP contribution in [0.25, 0.3) is 5.95 Å². The first-order chi connectivity index (χ1) is 10.0. The summed E-state index contributed by atoms with van der Waals surface area (Å²) in [4.78, 5) is 16.8. The number of thioether (sulfide) groups is 1. The van der Waals surface area contributed by atoms with Gasteiger partial charge in [0.15, 0.2) is 0 Å². The summed E-state index contributed by atoms with van der Waals surface area (Å²) in [6.07, 6.45) is 6.97. The van der Waals surface area contributed by atoms with Crippen LogP contribution in [0.4, 0.5) is 11.9 Å². The fourth-order valence-electron chi connectivity index (χ4n) is 1.68. The molecule has 21 heavy (non-hydrogen) atoms. The number of hydrogen-bond acceptors (Lipinski definition) is 8. The van der Waals surface area contributed by atoms with Crippen LogP contribution >= 0.6 is 11.8 Å². The topological polar surface area (TPSA) is 101 Å². The molecule has 0 aromatic carbocycles. The highest BCUT2D eigenvalue weighted by Gasteiger charge is 2.20. The summed E-state index contributed by atoms with van der Waals surface area (Å²) in [5.41, 5.74) is -0.832. The van der Waals surface area contributed by atoms with E-state index in [9.17, 15) is 5.11 Å². The molecule has 1 atom stereocenters. The van der Waals surface area contributed by atoms with Gasteiger partial charge in [0.2, 0.25) is 17.8 Å². The molecule has 1 unspecified atom stereocenters. The summed E-state index contributed by atoms with van der Waals surface area (Å²) < 4.78 is 1.69. The Bertz CT molecular complexity index is 573. The lowest BCUT2D eigenvalue weighted by atomic mass is 10.1. The van der Waals surface area contributed by atoms with Crippen molar-refractivity contribution < 1.29 is 5.11 Å². The van der Waals surface area contributed by atoms with Crippen molar-refractivity contribution in [2.24, 2.45) is 0 Å². The highest BCUT2D eigenvalue weighted by Crippen LogP contribution is 2.13. The maximum Gasteiger partial charge on any atom is 0.241 e. The maximum atomic E-state index is 10.2. The highest BCUT2D eigenvalue weighted by molar-refractivity contribution is 7.98. The normalized spacial score (nSPS) is 13.7. The fourth-order valence-corrected chi connectivity index (χ4v) is 2.40. The first-order valence-electron chi connectivity index (χ1n) is 6.41. The van der Waals surface area contributed by atoms with E-state index in [1.807, 2.05) is 6.26 Å². The average molecular weight is 309 g/mol. The van der Waals surface area contributed by atoms with Gasteiger partial charge < -0.3 is 15.7 Å². The van der Waals surface area contributed by atoms with Crippen molar-refractivity contribution in [2.75, 3.05) is 36.2 Å². The third kappa shape index (κ3) is 4.30. The molecule has 9 heteroatoms. The quantitative estimate of drug-likeness (QED) is 0.684. The maximum absolute atomic E-state index is 10.2. The van der Waals surface area contributed by atoms with E-state index in [4.69, 9.17) is 0 Å². The van der Waals surface area contributed by atoms with E-state index < -0.39 is 5.60 Å². The number of nitrogens with one attached hydrogen (secondary N) is 2. The fraction of sp³-hybridized carbons (Fsp3) is 0.500. The predicted molar refractivity (Wildman–Crippen MR) is 84.0 cm³/mol. The number of nitrogens with zero attached hydrogens (tertiary/aromatic N) is 5. The molecule has 114 valence electrons. The van der Waals surface area contributed by atoms with Crippen molar-refractivity contribution in [1.29, 1.82) is 0 Å². The Morgan fingerprint density at radius 3 is 2.71 bits per heavy atom. The van der Waals surface area contributed by atoms with Gasteiger partial charge in [0.1, 0.15) is 6.33 Å². The number of rotatable bonds is 7. The predicted octanol–water partition coefficient (Wildman–Crippen LogP) is 0.625. The third-order valence-corrected chi connectivity index (χ3v) is 3.58. The number of hydrogen-bond donors (Lipinski definition) is 3. The Balaban J connectivity index is 2.18. The van der Waals surface area contributed by atoms with Crippen LogP contribution in [-0.2, 0) is 0 Å². The van der Waals surface area contributed by atoms with Crippen LogP contribution in [0.15, 0.2) is 18.7 Å². The van der Waals surface area contributed by atoms with Crippen LogP contribution in [-0.4, -0.2) is 60.8 Å². The first-order valence-corrected chi connectivity index (χ1v) is 7.81. The van der Waals surface area contributed by atoms with E-state index in [2.05, 4.69) is 30.6 Å². The molecule has 0 radical (unpaired) electrons. The van der Waals surface area contributed by atoms with Crippen LogP contribution in [0.1, 0.15) is 6.92 Å². The lowest BCUT2D eigenvalue weighted by Crippen LogP contribution is -2.36. The number of aromatic nitrogens is 5. The zero-order chi connectivity index (χ0) is 15.3. The summed E-state index contributed by atoms with van der Waals surface area (Å²) in [5, 5.41) is 16.1. The number of imidazole rings is 1. The summed E-state index contributed by atoms with van der Waals surface area (Å²) in [6.45, 7) is 2.12. The molecular formula is C12H19N7OS. The van der Waals surface area contributed by atoms with Gasteiger partial charge in [-0.15, -0.1) is 0 Å². The van der Waals surface area contributed by atoms with Crippen LogP contribution in [0.3, 0.4) is 0 Å². The molecule has 0 aliphatic carbocycles. The van der Waals surface area contributed by atoms with Crippen molar-refractivity contribution in [3.8, 4) is 5.95 Å². The van der Waals surface area contributed by atoms with E-state index in [1.165, 1.54) is 0 Å². The van der Waals surface area contributed by atoms with Gasteiger partial charge >= 0.3 is 0 Å². The minimum atomic E-state index is -0.832. The molecule has 0 fully saturated rings. The molecule has 0 saturated carbocycles. The van der Waals surface area contributed by atoms with Crippen molar-refractivity contribution in [3.05, 3.63) is 18.7 Å². The molecule has 2 rings (SSSR count). The molecule has 0 aliphatic heterocycles. The zero-order valence-electron chi connectivity index (χ0n) is 12.2. The largest absolute Gasteiger partial charge is 0.387 e. The van der Waals surface area contributed by atoms with Gasteiger partial charge in [-0.1, -0.05) is 0 Å². The van der Waals surface area contributed by atoms with E-state index in [0.717, 1.165) is 0 Å². The molecular weight excluding hydrogens is 290 g/mol. The highest BCUT2D eigenvalue weighted by atomic mass is 32.2. The molecule has 0 saturated heterocycles. The standard InChI is InChI=1S/C12H19N7OS/c1-12(20,7-21-3)6-15-10-16-9(13-2)17-11(18-10)19-5-4-14-8-19/h4-5,8,20H,6-7H2,1-3H3,(H2,13,15,16,17,18). The lowest BCUT2D eigenvalue weighted by Gasteiger charge is -2.22. The van der Waals surface area contributed by atoms with Crippen molar-refractivity contribution in [2.45, 2.75) is 12.5 Å². The monoisotopic (exact) mass is 309 g/mol. The molecule has 0 spiro atoms. The lowest BCUT2D eigenvalue weighted by molar-refractivity contribution is 0.0995. The van der Waals surface area contributed by atoms with Gasteiger partial charge in [0, 0.05) is 31.7 Å². The molecule has 3 N–H and O–H groups in total. The van der Waals surface area contributed by atoms with Crippen molar-refractivity contribution >= 4 is 23.7 Å². The van der Waals surface area contributed by atoms with E-state index in [0.29, 0.717) is 30.1 Å². The van der Waals surface area contributed by atoms with E-state index in [1.54, 1.807) is 49.0 Å². The Morgan fingerprint density at radius 2 is 2.10 bits per heavy atom. The molecule has 2 heterocycles. The van der Waals surface area contributed by atoms with Crippen LogP contribution in [0.2, 0.25) is 0 Å². The second-order valence-corrected chi connectivity index (χ2v) is 5.65. The summed E-state index contributed by atoms with van der Waals surface area (Å²) in [5.74, 6) is 1.93. The van der Waals surface area contributed by atoms with E-state index >= 15 is 0 Å². The minimum absolute atomic E-state index is 0.352. The molecule has 2 aromatic rings. The van der Waals surface area contributed by atoms with E-state index in [-0.39, 0.29) is 0 Å². The summed E-state index contributed by atoms with van der Waals surface area (Å²) >= 11 is 1.58. The Kier molecular flexibility index (Phi) is 4.97. The van der Waals surface area contributed by atoms with Crippen molar-refractivity contribution in [1.82, 2.24) is 24.5 Å². The number of anilines is 2. The smallest absolute Gasteiger partial charge is 0.241 e. The van der Waals surface area contributed by atoms with Crippen LogP contribution in [0, 0.1) is 0 Å². The Morgan fingerprint density at radius 1 is 1.33 bits per heavy atom. The van der Waals surface area contributed by atoms with Crippen molar-refractivity contribution in [3.63, 3.8) is 0 Å². The molecule has 2 aromatic heterocycles. The van der Waals surface area contributed by atoms with Gasteiger partial charge in [0.25, 0.3) is 0 Å². The van der Waals surface area contributed by atoms with Gasteiger partial charge in [-0.05, 0) is 13.2 Å². The minimum Gasteiger partial charge on any atom is -0.387 e. The van der Waals surface area contributed by atoms with Gasteiger partial charge in [-0.3, -0.25) is 4.57 Å². The second-order valence-electron chi connectivity index (χ2n) is 4.79. The van der Waals surface area contributed by atoms with Gasteiger partial charge in [-0.25, -0.2) is 4.98 Å². The Hall–Kier alpha value is -1.87. The summed E-state index contributed by atoms with van der Waals surface area (Å²) in [6, 6.07) is 0. The van der Waals surface area contributed by atoms with Gasteiger partial charge in [-0.2, -0.15) is 26.7 Å². The SMILES string of the molecule is CNc1nc(NCC(C)(O)CSC)nc(-n2ccnc2)n1. The molecule has 0 aliphatic rings. The second kappa shape index (κ2) is 6.72. The molecule has 0 bridgehead atoms. The first kappa shape index (κ1) is 15.5. The Labute approximate surface area is 127 Å². The molecule has 0 amide bonds. The van der Waals surface area contributed by atoms with Gasteiger partial charge in [0.05, 0.1) is 5.60 Å². The summed E-state index contributed by atoms with van der Waals surface area (Å²) in [7, 11) is 1.74. The van der Waals surface area contributed by atoms with Crippen LogP contribution in [0.5, 0.6) is 0 Å². The molecule has 8 nitrogen and oxygen atoms in total. The van der Waals surface area contributed by atoms with Crippen LogP contribution < -0.4 is 10.6 Å². The zero-order valence-corrected chi connectivity index (χ0v) is 13.1. The number of aliphatic hydroxyl groups is 1. The average Bonchev–Trinajstić information content (AvgIpc) is 2.99. The third-order valence-electron chi connectivity index (χ3n) is 2.67.